The van der Waals surface area contributed by atoms with Crippen LogP contribution in [0.2, 0.25) is 0 Å². The third-order valence-corrected chi connectivity index (χ3v) is 6.68. The van der Waals surface area contributed by atoms with Crippen LogP contribution in [-0.2, 0) is 23.6 Å². The first-order chi connectivity index (χ1) is 10.5. The van der Waals surface area contributed by atoms with Gasteiger partial charge in [0, 0.05) is 13.1 Å². The van der Waals surface area contributed by atoms with E-state index >= 15 is 0 Å². The molecule has 0 N–H and O–H groups in total. The number of rotatable bonds is 12. The predicted octanol–water partition coefficient (Wildman–Crippen LogP) is 3.59. The van der Waals surface area contributed by atoms with Crippen molar-refractivity contribution in [3.8, 4) is 0 Å². The van der Waals surface area contributed by atoms with Crippen LogP contribution < -0.4 is 0 Å². The lowest BCUT2D eigenvalue weighted by atomic mass is 10.3. The van der Waals surface area contributed by atoms with Crippen LogP contribution in [0, 0.1) is 0 Å². The predicted molar refractivity (Wildman–Crippen MR) is 81.8 cm³/mol. The summed E-state index contributed by atoms with van der Waals surface area (Å²) in [6.45, 7) is 4.64. The second kappa shape index (κ2) is 9.98. The quantitative estimate of drug-likeness (QED) is 0.482. The smallest absolute Gasteiger partial charge is 0.309 e. The fraction of sp³-hybridized carbons (Fsp3) is 1.00. The molecule has 0 saturated carbocycles. The second-order valence-corrected chi connectivity index (χ2v) is 8.84. The molecule has 0 radical (unpaired) electrons. The molecule has 0 unspecified atom stereocenters. The molecule has 0 fully saturated rings. The summed E-state index contributed by atoms with van der Waals surface area (Å²) >= 11 is 0. The van der Waals surface area contributed by atoms with E-state index in [0.717, 1.165) is 0 Å². The Morgan fingerprint density at radius 1 is 1.00 bits per heavy atom. The Hall–Kier alpha value is -0.150. The molecule has 0 rings (SSSR count). The maximum Gasteiger partial charge on any atom is 0.511 e. The van der Waals surface area contributed by atoms with Crippen LogP contribution in [0.5, 0.6) is 0 Å². The van der Waals surface area contributed by atoms with Crippen molar-refractivity contribution in [1.82, 2.24) is 4.31 Å². The zero-order valence-corrected chi connectivity index (χ0v) is 15.3. The molecule has 0 aliphatic rings. The molecule has 0 bridgehead atoms. The van der Waals surface area contributed by atoms with Crippen LogP contribution in [0.4, 0.5) is 13.2 Å². The van der Waals surface area contributed by atoms with Crippen molar-refractivity contribution in [3.05, 3.63) is 0 Å². The van der Waals surface area contributed by atoms with Crippen molar-refractivity contribution in [3.63, 3.8) is 0 Å². The molecule has 0 aromatic rings. The van der Waals surface area contributed by atoms with Gasteiger partial charge in [0.25, 0.3) is 0 Å². The average Bonchev–Trinajstić information content (AvgIpc) is 2.41. The highest BCUT2D eigenvalue weighted by Crippen LogP contribution is 2.48. The van der Waals surface area contributed by atoms with Gasteiger partial charge >= 0.3 is 23.1 Å². The molecule has 0 heterocycles. The van der Waals surface area contributed by atoms with E-state index in [9.17, 15) is 26.2 Å². The normalized spacial score (nSPS) is 13.7. The van der Waals surface area contributed by atoms with Crippen LogP contribution in [-0.4, -0.2) is 50.7 Å². The summed E-state index contributed by atoms with van der Waals surface area (Å²) in [6, 6.07) is 0. The second-order valence-electron chi connectivity index (χ2n) is 4.73. The molecule has 6 nitrogen and oxygen atoms in total. The molecule has 11 heteroatoms. The van der Waals surface area contributed by atoms with E-state index in [4.69, 9.17) is 9.05 Å². The van der Waals surface area contributed by atoms with E-state index in [1.165, 1.54) is 0 Å². The Balaban J connectivity index is 4.90. The van der Waals surface area contributed by atoms with Gasteiger partial charge in [-0.25, -0.2) is 8.42 Å². The van der Waals surface area contributed by atoms with E-state index in [1.807, 2.05) is 0 Å². The highest BCUT2D eigenvalue weighted by Gasteiger charge is 2.49. The van der Waals surface area contributed by atoms with Crippen molar-refractivity contribution in [2.24, 2.45) is 0 Å². The van der Waals surface area contributed by atoms with Gasteiger partial charge in [0.1, 0.15) is 0 Å². The van der Waals surface area contributed by atoms with Crippen molar-refractivity contribution in [1.29, 1.82) is 0 Å². The summed E-state index contributed by atoms with van der Waals surface area (Å²) in [4.78, 5) is 0. The third-order valence-electron chi connectivity index (χ3n) is 2.88. The van der Waals surface area contributed by atoms with Crippen LogP contribution in [0.25, 0.3) is 0 Å². The van der Waals surface area contributed by atoms with Gasteiger partial charge in [-0.2, -0.15) is 17.5 Å². The van der Waals surface area contributed by atoms with Gasteiger partial charge < -0.3 is 9.05 Å². The fourth-order valence-electron chi connectivity index (χ4n) is 1.83. The van der Waals surface area contributed by atoms with Crippen LogP contribution >= 0.6 is 7.60 Å². The van der Waals surface area contributed by atoms with Gasteiger partial charge in [0.2, 0.25) is 0 Å². The van der Waals surface area contributed by atoms with Gasteiger partial charge in [0.05, 0.1) is 19.4 Å². The number of alkyl halides is 3. The topological polar surface area (TPSA) is 72.9 Å². The minimum absolute atomic E-state index is 0.0453. The van der Waals surface area contributed by atoms with Gasteiger partial charge in [-0.15, -0.1) is 0 Å². The van der Waals surface area contributed by atoms with Gasteiger partial charge in [-0.05, 0) is 26.7 Å². The number of unbranched alkanes of at least 4 members (excludes halogenated alkanes) is 1. The lowest BCUT2D eigenvalue weighted by molar-refractivity contribution is -0.0489. The summed E-state index contributed by atoms with van der Waals surface area (Å²) in [7, 11) is -8.79. The third kappa shape index (κ3) is 7.51. The largest absolute Gasteiger partial charge is 0.511 e. The molecule has 23 heavy (non-hydrogen) atoms. The summed E-state index contributed by atoms with van der Waals surface area (Å²) < 4.78 is 83.8. The Morgan fingerprint density at radius 3 is 1.87 bits per heavy atom. The molecule has 0 atom stereocenters. The molecule has 0 aliphatic heterocycles. The molecule has 0 aromatic heterocycles. The van der Waals surface area contributed by atoms with E-state index in [0.29, 0.717) is 17.1 Å². The minimum Gasteiger partial charge on any atom is -0.309 e. The lowest BCUT2D eigenvalue weighted by Crippen LogP contribution is -2.42. The van der Waals surface area contributed by atoms with Gasteiger partial charge in [0.15, 0.2) is 0 Å². The summed E-state index contributed by atoms with van der Waals surface area (Å²) in [5, 5.41) is 0. The van der Waals surface area contributed by atoms with Crippen LogP contribution in [0.3, 0.4) is 0 Å². The molecule has 0 aliphatic carbocycles. The van der Waals surface area contributed by atoms with Crippen molar-refractivity contribution >= 4 is 17.6 Å². The Morgan fingerprint density at radius 2 is 1.48 bits per heavy atom. The van der Waals surface area contributed by atoms with E-state index in [-0.39, 0.29) is 38.9 Å². The van der Waals surface area contributed by atoms with Gasteiger partial charge in [-0.3, -0.25) is 4.57 Å². The van der Waals surface area contributed by atoms with E-state index in [1.54, 1.807) is 20.8 Å². The zero-order valence-electron chi connectivity index (χ0n) is 13.6. The first-order valence-electron chi connectivity index (χ1n) is 7.48. The lowest BCUT2D eigenvalue weighted by Gasteiger charge is -2.24. The highest BCUT2D eigenvalue weighted by atomic mass is 32.2. The number of sulfonamides is 1. The number of hydrogen-bond donors (Lipinski definition) is 0. The van der Waals surface area contributed by atoms with E-state index in [2.05, 4.69) is 0 Å². The minimum atomic E-state index is -5.39. The zero-order chi connectivity index (χ0) is 18.1. The molecule has 0 amide bonds. The van der Waals surface area contributed by atoms with Crippen molar-refractivity contribution in [2.45, 2.75) is 45.5 Å². The molecule has 140 valence electrons. The number of nitrogens with zero attached hydrogens (tertiary/aromatic N) is 1. The molecule has 0 spiro atoms. The number of hydrogen-bond acceptors (Lipinski definition) is 5. The monoisotopic (exact) mass is 383 g/mol. The average molecular weight is 383 g/mol. The first kappa shape index (κ1) is 22.9. The Labute approximate surface area is 135 Å². The Bertz CT molecular complexity index is 474. The molecule has 0 aromatic carbocycles. The van der Waals surface area contributed by atoms with Crippen LogP contribution in [0.15, 0.2) is 0 Å². The maximum absolute atomic E-state index is 12.7. The number of halogens is 3. The fourth-order valence-corrected chi connectivity index (χ4v) is 4.51. The molecule has 0 saturated heterocycles. The SMILES string of the molecule is CCCCN(CCCP(=O)(OCC)OCC)S(=O)(=O)C(F)(F)F. The summed E-state index contributed by atoms with van der Waals surface area (Å²) in [6.07, 6.45) is 0.686. The summed E-state index contributed by atoms with van der Waals surface area (Å²) in [5.41, 5.74) is -5.34. The van der Waals surface area contributed by atoms with Gasteiger partial charge in [-0.1, -0.05) is 13.3 Å². The van der Waals surface area contributed by atoms with E-state index < -0.39 is 23.1 Å². The first-order valence-corrected chi connectivity index (χ1v) is 10.7. The summed E-state index contributed by atoms with van der Waals surface area (Å²) in [5.74, 6) is 0. The maximum atomic E-state index is 12.7. The van der Waals surface area contributed by atoms with Crippen LogP contribution in [0.1, 0.15) is 40.0 Å². The standard InChI is InChI=1S/C12H25F3NO5PS/c1-4-7-9-16(23(18,19)12(13,14)15)10-8-11-22(17,20-5-2)21-6-3/h4-11H2,1-3H3. The van der Waals surface area contributed by atoms with Crippen molar-refractivity contribution < 1.29 is 35.2 Å². The molecular formula is C12H25F3NO5PS. The van der Waals surface area contributed by atoms with Crippen molar-refractivity contribution in [2.75, 3.05) is 32.5 Å². The Kier molecular flexibility index (Phi) is 9.92. The molecular weight excluding hydrogens is 358 g/mol. The highest BCUT2D eigenvalue weighted by molar-refractivity contribution is 7.90.